The van der Waals surface area contributed by atoms with Gasteiger partial charge in [-0.15, -0.1) is 0 Å². The molecular weight excluding hydrogens is 345 g/mol. The molecule has 4 rings (SSSR count). The molecule has 3 saturated heterocycles. The van der Waals surface area contributed by atoms with Crippen LogP contribution in [0.2, 0.25) is 4.82 Å². The topological polar surface area (TPSA) is 46.6 Å². The molecule has 0 spiro atoms. The fourth-order valence-electron chi connectivity index (χ4n) is 4.03. The van der Waals surface area contributed by atoms with Crippen LogP contribution >= 0.6 is 0 Å². The monoisotopic (exact) mass is 365 g/mol. The molecule has 3 heterocycles. The van der Waals surface area contributed by atoms with E-state index in [-0.39, 0.29) is 49.7 Å². The van der Waals surface area contributed by atoms with Gasteiger partial charge < -0.3 is 0 Å². The van der Waals surface area contributed by atoms with E-state index in [1.54, 1.807) is 0 Å². The van der Waals surface area contributed by atoms with Crippen LogP contribution in [0.3, 0.4) is 0 Å². The summed E-state index contributed by atoms with van der Waals surface area (Å²) in [7, 11) is 0. The average Bonchev–Trinajstić information content (AvgIpc) is 2.96. The SMILES string of the molecule is O=C1O[C@@H]2CCCN3C(=O)CC[C@H]3[C@@H]2[C@H]1[Se]c1ccccc1. The van der Waals surface area contributed by atoms with Crippen molar-refractivity contribution < 1.29 is 14.3 Å². The van der Waals surface area contributed by atoms with Crippen molar-refractivity contribution in [3.63, 3.8) is 0 Å². The van der Waals surface area contributed by atoms with Gasteiger partial charge in [0.25, 0.3) is 0 Å². The summed E-state index contributed by atoms with van der Waals surface area (Å²) in [6, 6.07) is 10.4. The molecule has 1 aromatic carbocycles. The van der Waals surface area contributed by atoms with Crippen LogP contribution in [0.5, 0.6) is 0 Å². The molecule has 4 atom stereocenters. The fourth-order valence-corrected chi connectivity index (χ4v) is 6.70. The zero-order valence-corrected chi connectivity index (χ0v) is 14.0. The first kappa shape index (κ1) is 14.3. The molecule has 0 saturated carbocycles. The minimum atomic E-state index is -0.0450. The molecule has 0 unspecified atom stereocenters. The number of rotatable bonds is 2. The van der Waals surface area contributed by atoms with E-state index in [0.29, 0.717) is 6.42 Å². The van der Waals surface area contributed by atoms with E-state index in [1.165, 1.54) is 4.46 Å². The number of benzene rings is 1. The minimum absolute atomic E-state index is 0.0176. The Morgan fingerprint density at radius 3 is 2.77 bits per heavy atom. The summed E-state index contributed by atoms with van der Waals surface area (Å²) in [6.45, 7) is 0.832. The Labute approximate surface area is 136 Å². The van der Waals surface area contributed by atoms with Crippen molar-refractivity contribution in [1.29, 1.82) is 0 Å². The van der Waals surface area contributed by atoms with Gasteiger partial charge in [-0.3, -0.25) is 0 Å². The van der Waals surface area contributed by atoms with Gasteiger partial charge in [0.1, 0.15) is 0 Å². The van der Waals surface area contributed by atoms with Crippen LogP contribution in [-0.2, 0) is 14.3 Å². The molecule has 3 aliphatic rings. The van der Waals surface area contributed by atoms with E-state index < -0.39 is 0 Å². The summed E-state index contributed by atoms with van der Waals surface area (Å²) < 4.78 is 6.95. The van der Waals surface area contributed by atoms with Crippen molar-refractivity contribution in [2.24, 2.45) is 5.92 Å². The number of hydrogen-bond donors (Lipinski definition) is 0. The number of amides is 1. The van der Waals surface area contributed by atoms with Gasteiger partial charge in [-0.25, -0.2) is 0 Å². The third-order valence-electron chi connectivity index (χ3n) is 4.99. The van der Waals surface area contributed by atoms with Gasteiger partial charge in [0, 0.05) is 0 Å². The van der Waals surface area contributed by atoms with Crippen LogP contribution in [-0.4, -0.2) is 50.4 Å². The molecule has 116 valence electrons. The number of nitrogens with zero attached hydrogens (tertiary/aromatic N) is 1. The normalized spacial score (nSPS) is 34.1. The third kappa shape index (κ3) is 2.37. The Balaban J connectivity index is 1.63. The van der Waals surface area contributed by atoms with Crippen molar-refractivity contribution in [1.82, 2.24) is 4.90 Å². The molecule has 3 fully saturated rings. The maximum atomic E-state index is 12.4. The fraction of sp³-hybridized carbons (Fsp3) is 0.529. The molecule has 5 heteroatoms. The molecule has 1 aromatic rings. The Hall–Kier alpha value is -1.32. The van der Waals surface area contributed by atoms with Crippen molar-refractivity contribution >= 4 is 31.3 Å². The van der Waals surface area contributed by atoms with E-state index in [9.17, 15) is 9.59 Å². The number of hydrogen-bond acceptors (Lipinski definition) is 3. The molecule has 0 bridgehead atoms. The molecule has 22 heavy (non-hydrogen) atoms. The molecule has 4 nitrogen and oxygen atoms in total. The summed E-state index contributed by atoms with van der Waals surface area (Å²) >= 11 is 0.0689. The van der Waals surface area contributed by atoms with Crippen molar-refractivity contribution in [3.8, 4) is 0 Å². The number of carbonyl (C=O) groups excluding carboxylic acids is 2. The van der Waals surface area contributed by atoms with E-state index in [1.807, 2.05) is 23.1 Å². The van der Waals surface area contributed by atoms with Crippen LogP contribution in [0.1, 0.15) is 25.7 Å². The molecular formula is C17H19NO3Se. The van der Waals surface area contributed by atoms with Crippen molar-refractivity contribution in [2.75, 3.05) is 6.54 Å². The Kier molecular flexibility index (Phi) is 3.71. The Morgan fingerprint density at radius 1 is 1.14 bits per heavy atom. The van der Waals surface area contributed by atoms with Crippen LogP contribution in [0.15, 0.2) is 30.3 Å². The zero-order chi connectivity index (χ0) is 15.1. The molecule has 0 aromatic heterocycles. The van der Waals surface area contributed by atoms with Crippen LogP contribution in [0, 0.1) is 5.92 Å². The van der Waals surface area contributed by atoms with Crippen molar-refractivity contribution in [2.45, 2.75) is 42.6 Å². The first-order chi connectivity index (χ1) is 10.7. The van der Waals surface area contributed by atoms with Crippen molar-refractivity contribution in [3.05, 3.63) is 30.3 Å². The molecule has 0 aliphatic carbocycles. The van der Waals surface area contributed by atoms with Gasteiger partial charge >= 0.3 is 136 Å². The maximum absolute atomic E-state index is 12.4. The quantitative estimate of drug-likeness (QED) is 0.584. The third-order valence-corrected chi connectivity index (χ3v) is 7.73. The molecule has 3 aliphatic heterocycles. The van der Waals surface area contributed by atoms with E-state index in [2.05, 4.69) is 12.1 Å². The number of fused-ring (bicyclic) bond motifs is 3. The Morgan fingerprint density at radius 2 is 1.95 bits per heavy atom. The number of ether oxygens (including phenoxy) is 1. The van der Waals surface area contributed by atoms with Gasteiger partial charge in [0.15, 0.2) is 0 Å². The van der Waals surface area contributed by atoms with Crippen LogP contribution in [0.25, 0.3) is 0 Å². The molecule has 0 N–H and O–H groups in total. The predicted molar refractivity (Wildman–Crippen MR) is 82.9 cm³/mol. The average molecular weight is 364 g/mol. The van der Waals surface area contributed by atoms with E-state index in [4.69, 9.17) is 4.74 Å². The second kappa shape index (κ2) is 5.71. The summed E-state index contributed by atoms with van der Waals surface area (Å²) in [4.78, 5) is 26.5. The first-order valence-electron chi connectivity index (χ1n) is 7.96. The number of esters is 1. The summed E-state index contributed by atoms with van der Waals surface area (Å²) in [5.74, 6) is 0.415. The predicted octanol–water partition coefficient (Wildman–Crippen LogP) is 1.13. The standard InChI is InChI=1S/C17H19NO3Se/c19-14-9-8-12-15-13(7-4-10-18(12)14)21-17(20)16(15)22-11-5-2-1-3-6-11/h1-3,5-6,12-13,15-16H,4,7-10H2/t12-,13+,15-,16+/m0/s1. The van der Waals surface area contributed by atoms with Gasteiger partial charge in [0.05, 0.1) is 0 Å². The van der Waals surface area contributed by atoms with Crippen LogP contribution < -0.4 is 4.46 Å². The summed E-state index contributed by atoms with van der Waals surface area (Å²) in [6.07, 6.45) is 3.38. The van der Waals surface area contributed by atoms with Gasteiger partial charge in [-0.05, 0) is 0 Å². The van der Waals surface area contributed by atoms with Crippen LogP contribution in [0.4, 0.5) is 0 Å². The zero-order valence-electron chi connectivity index (χ0n) is 12.3. The molecule has 0 radical (unpaired) electrons. The second-order valence-corrected chi connectivity index (χ2v) is 8.79. The van der Waals surface area contributed by atoms with E-state index >= 15 is 0 Å². The second-order valence-electron chi connectivity index (χ2n) is 6.24. The Bertz CT molecular complexity index is 591. The van der Waals surface area contributed by atoms with Gasteiger partial charge in [0.2, 0.25) is 0 Å². The summed E-state index contributed by atoms with van der Waals surface area (Å²) in [5, 5.41) is 0. The molecule has 1 amide bonds. The van der Waals surface area contributed by atoms with Gasteiger partial charge in [-0.1, -0.05) is 0 Å². The first-order valence-corrected chi connectivity index (χ1v) is 9.80. The summed E-state index contributed by atoms with van der Waals surface area (Å²) in [5.41, 5.74) is 0. The van der Waals surface area contributed by atoms with E-state index in [0.717, 1.165) is 25.8 Å². The number of carbonyl (C=O) groups is 2. The van der Waals surface area contributed by atoms with Gasteiger partial charge in [-0.2, -0.15) is 0 Å².